The first-order valence-corrected chi connectivity index (χ1v) is 14.0. The number of nitrogens with zero attached hydrogens (tertiary/aromatic N) is 2. The summed E-state index contributed by atoms with van der Waals surface area (Å²) in [5.74, 6) is 0. The van der Waals surface area contributed by atoms with Crippen molar-refractivity contribution < 1.29 is 0 Å². The lowest BCUT2D eigenvalue weighted by Crippen LogP contribution is -2.30. The van der Waals surface area contributed by atoms with Gasteiger partial charge in [-0.1, -0.05) is 80.6 Å². The average Bonchev–Trinajstić information content (AvgIpc) is 3.56. The SMILES string of the molecule is CC1(C)c2ccccc2N(c2ccc(-n3c4ccccc4c4ccc5ccsc5c43)cc2)c2ccccc21. The first-order valence-electron chi connectivity index (χ1n) is 13.1. The number of fused-ring (bicyclic) bond motifs is 7. The van der Waals surface area contributed by atoms with Crippen molar-refractivity contribution in [3.63, 3.8) is 0 Å². The molecule has 3 heteroatoms. The number of hydrogen-bond donors (Lipinski definition) is 0. The number of benzene rings is 5. The van der Waals surface area contributed by atoms with E-state index in [1.54, 1.807) is 0 Å². The number of rotatable bonds is 2. The Balaban J connectivity index is 1.34. The van der Waals surface area contributed by atoms with E-state index in [1.807, 2.05) is 11.3 Å². The molecular formula is C35H26N2S. The minimum absolute atomic E-state index is 0.0569. The molecule has 2 aromatic heterocycles. The van der Waals surface area contributed by atoms with Crippen LogP contribution in [0.5, 0.6) is 0 Å². The molecule has 0 aliphatic carbocycles. The normalized spacial score (nSPS) is 14.2. The second kappa shape index (κ2) is 7.83. The summed E-state index contributed by atoms with van der Waals surface area (Å²) in [4.78, 5) is 2.42. The van der Waals surface area contributed by atoms with Gasteiger partial charge in [-0.2, -0.15) is 0 Å². The molecule has 182 valence electrons. The van der Waals surface area contributed by atoms with Gasteiger partial charge in [0.05, 0.1) is 27.1 Å². The van der Waals surface area contributed by atoms with Gasteiger partial charge in [0, 0.05) is 27.6 Å². The van der Waals surface area contributed by atoms with Crippen LogP contribution >= 0.6 is 11.3 Å². The fourth-order valence-electron chi connectivity index (χ4n) is 6.44. The summed E-state index contributed by atoms with van der Waals surface area (Å²) in [6, 6.07) is 42.3. The Morgan fingerprint density at radius 2 is 1.21 bits per heavy atom. The van der Waals surface area contributed by atoms with Gasteiger partial charge in [0.2, 0.25) is 0 Å². The maximum Gasteiger partial charge on any atom is 0.0719 e. The van der Waals surface area contributed by atoms with Crippen molar-refractivity contribution in [2.45, 2.75) is 19.3 Å². The van der Waals surface area contributed by atoms with E-state index < -0.39 is 0 Å². The van der Waals surface area contributed by atoms with Crippen molar-refractivity contribution in [2.75, 3.05) is 4.90 Å². The third kappa shape index (κ3) is 2.88. The van der Waals surface area contributed by atoms with Crippen molar-refractivity contribution in [3.8, 4) is 5.69 Å². The summed E-state index contributed by atoms with van der Waals surface area (Å²) < 4.78 is 3.78. The highest BCUT2D eigenvalue weighted by molar-refractivity contribution is 7.18. The third-order valence-corrected chi connectivity index (χ3v) is 9.19. The van der Waals surface area contributed by atoms with Crippen molar-refractivity contribution in [2.24, 2.45) is 0 Å². The van der Waals surface area contributed by atoms with Gasteiger partial charge in [-0.15, -0.1) is 11.3 Å². The van der Waals surface area contributed by atoms with E-state index in [-0.39, 0.29) is 5.41 Å². The zero-order valence-electron chi connectivity index (χ0n) is 21.3. The van der Waals surface area contributed by atoms with Crippen LogP contribution in [-0.2, 0) is 5.41 Å². The molecule has 1 aliphatic rings. The van der Waals surface area contributed by atoms with Crippen molar-refractivity contribution in [1.82, 2.24) is 4.57 Å². The van der Waals surface area contributed by atoms with E-state index >= 15 is 0 Å². The molecule has 0 spiro atoms. The highest BCUT2D eigenvalue weighted by Gasteiger charge is 2.36. The second-order valence-electron chi connectivity index (χ2n) is 10.7. The molecule has 0 fully saturated rings. The quantitative estimate of drug-likeness (QED) is 0.226. The van der Waals surface area contributed by atoms with E-state index in [0.29, 0.717) is 0 Å². The highest BCUT2D eigenvalue weighted by atomic mass is 32.1. The predicted molar refractivity (Wildman–Crippen MR) is 163 cm³/mol. The molecule has 5 aromatic carbocycles. The number of anilines is 3. The summed E-state index contributed by atoms with van der Waals surface area (Å²) in [7, 11) is 0. The Morgan fingerprint density at radius 3 is 1.95 bits per heavy atom. The molecule has 7 aromatic rings. The molecule has 1 aliphatic heterocycles. The van der Waals surface area contributed by atoms with Crippen molar-refractivity contribution >= 4 is 60.3 Å². The van der Waals surface area contributed by atoms with Crippen LogP contribution in [0.15, 0.2) is 121 Å². The molecule has 0 unspecified atom stereocenters. The summed E-state index contributed by atoms with van der Waals surface area (Å²) in [5, 5.41) is 6.10. The lowest BCUT2D eigenvalue weighted by atomic mass is 9.73. The van der Waals surface area contributed by atoms with Crippen LogP contribution in [0, 0.1) is 0 Å². The summed E-state index contributed by atoms with van der Waals surface area (Å²) in [6.45, 7) is 4.66. The fourth-order valence-corrected chi connectivity index (χ4v) is 7.38. The van der Waals surface area contributed by atoms with E-state index in [2.05, 4.69) is 144 Å². The Hall–Kier alpha value is -4.34. The number of thiophene rings is 1. The molecule has 3 heterocycles. The smallest absolute Gasteiger partial charge is 0.0719 e. The molecule has 0 saturated heterocycles. The van der Waals surface area contributed by atoms with Crippen LogP contribution in [0.2, 0.25) is 0 Å². The maximum absolute atomic E-state index is 2.44. The zero-order valence-corrected chi connectivity index (χ0v) is 22.2. The van der Waals surface area contributed by atoms with Gasteiger partial charge in [0.1, 0.15) is 0 Å². The minimum Gasteiger partial charge on any atom is -0.310 e. The molecule has 0 saturated carbocycles. The van der Waals surface area contributed by atoms with E-state index in [1.165, 1.54) is 65.8 Å². The number of para-hydroxylation sites is 3. The number of aromatic nitrogens is 1. The molecule has 0 atom stereocenters. The van der Waals surface area contributed by atoms with E-state index in [4.69, 9.17) is 0 Å². The zero-order chi connectivity index (χ0) is 25.4. The van der Waals surface area contributed by atoms with Crippen LogP contribution in [0.4, 0.5) is 17.1 Å². The van der Waals surface area contributed by atoms with Gasteiger partial charge in [-0.05, 0) is 70.4 Å². The van der Waals surface area contributed by atoms with Crippen LogP contribution < -0.4 is 4.90 Å². The average molecular weight is 507 g/mol. The topological polar surface area (TPSA) is 8.17 Å². The van der Waals surface area contributed by atoms with Crippen LogP contribution in [0.25, 0.3) is 37.6 Å². The third-order valence-electron chi connectivity index (χ3n) is 8.26. The number of hydrogen-bond acceptors (Lipinski definition) is 2. The van der Waals surface area contributed by atoms with Crippen LogP contribution in [0.3, 0.4) is 0 Å². The van der Waals surface area contributed by atoms with E-state index in [0.717, 1.165) is 0 Å². The molecule has 0 N–H and O–H groups in total. The molecule has 0 amide bonds. The van der Waals surface area contributed by atoms with Crippen LogP contribution in [0.1, 0.15) is 25.0 Å². The monoisotopic (exact) mass is 506 g/mol. The Kier molecular flexibility index (Phi) is 4.48. The Labute approximate surface area is 226 Å². The minimum atomic E-state index is -0.0569. The van der Waals surface area contributed by atoms with Gasteiger partial charge >= 0.3 is 0 Å². The van der Waals surface area contributed by atoms with Gasteiger partial charge in [0.15, 0.2) is 0 Å². The first kappa shape index (κ1) is 21.7. The van der Waals surface area contributed by atoms with Crippen molar-refractivity contribution in [1.29, 1.82) is 0 Å². The summed E-state index contributed by atoms with van der Waals surface area (Å²) >= 11 is 1.82. The first-order chi connectivity index (χ1) is 18.6. The van der Waals surface area contributed by atoms with Gasteiger partial charge in [-0.3, -0.25) is 0 Å². The molecule has 2 nitrogen and oxygen atoms in total. The molecule has 0 bridgehead atoms. The van der Waals surface area contributed by atoms with Crippen molar-refractivity contribution in [3.05, 3.63) is 132 Å². The van der Waals surface area contributed by atoms with Gasteiger partial charge < -0.3 is 9.47 Å². The van der Waals surface area contributed by atoms with Gasteiger partial charge in [-0.25, -0.2) is 0 Å². The maximum atomic E-state index is 2.44. The van der Waals surface area contributed by atoms with Gasteiger partial charge in [0.25, 0.3) is 0 Å². The summed E-state index contributed by atoms with van der Waals surface area (Å²) in [5.41, 5.74) is 10.0. The molecule has 38 heavy (non-hydrogen) atoms. The predicted octanol–water partition coefficient (Wildman–Crippen LogP) is 10.1. The largest absolute Gasteiger partial charge is 0.310 e. The Bertz CT molecular complexity index is 1960. The molecular weight excluding hydrogens is 480 g/mol. The Morgan fingerprint density at radius 1 is 0.579 bits per heavy atom. The molecule has 8 rings (SSSR count). The van der Waals surface area contributed by atoms with E-state index in [9.17, 15) is 0 Å². The van der Waals surface area contributed by atoms with Crippen LogP contribution in [-0.4, -0.2) is 4.57 Å². The highest BCUT2D eigenvalue weighted by Crippen LogP contribution is 2.51. The summed E-state index contributed by atoms with van der Waals surface area (Å²) in [6.07, 6.45) is 0. The molecule has 0 radical (unpaired) electrons. The lowest BCUT2D eigenvalue weighted by molar-refractivity contribution is 0.632. The lowest BCUT2D eigenvalue weighted by Gasteiger charge is -2.42. The standard InChI is InChI=1S/C35H26N2S/c1-35(2)28-10-4-7-13-31(28)36(32-14-8-5-11-29(32)35)24-16-18-25(19-17-24)37-30-12-6-3-9-26(30)27-20-15-23-21-22-38-34(23)33(27)37/h3-22H,1-2H3. The fraction of sp³-hybridized carbons (Fsp3) is 0.0857. The second-order valence-corrected chi connectivity index (χ2v) is 11.6.